The molecule has 136 valence electrons. The second-order valence-corrected chi connectivity index (χ2v) is 5.26. The molecule has 0 amide bonds. The van der Waals surface area contributed by atoms with Crippen LogP contribution in [0.3, 0.4) is 0 Å². The third-order valence-corrected chi connectivity index (χ3v) is 3.35. The van der Waals surface area contributed by atoms with Gasteiger partial charge in [-0.15, -0.1) is 0 Å². The Kier molecular flexibility index (Phi) is 9.06. The minimum Gasteiger partial charge on any atom is -0.478 e. The van der Waals surface area contributed by atoms with E-state index in [0.717, 1.165) is 11.1 Å². The van der Waals surface area contributed by atoms with E-state index in [2.05, 4.69) is 5.32 Å². The first kappa shape index (κ1) is 20.8. The molecular formula is C20H21NO5. The van der Waals surface area contributed by atoms with Crippen molar-refractivity contribution in [3.8, 4) is 0 Å². The SMILES string of the molecule is CNCC(C(=O)c1ccccc1)c1ccccc1.O=C(O)/C=C/C(=O)O. The van der Waals surface area contributed by atoms with E-state index in [1.807, 2.05) is 67.7 Å². The van der Waals surface area contributed by atoms with Crippen LogP contribution < -0.4 is 5.32 Å². The van der Waals surface area contributed by atoms with Gasteiger partial charge in [0.15, 0.2) is 5.78 Å². The molecule has 2 rings (SSSR count). The van der Waals surface area contributed by atoms with E-state index in [4.69, 9.17) is 10.2 Å². The fourth-order valence-electron chi connectivity index (χ4n) is 2.20. The molecule has 0 spiro atoms. The van der Waals surface area contributed by atoms with E-state index < -0.39 is 11.9 Å². The summed E-state index contributed by atoms with van der Waals surface area (Å²) in [5.41, 5.74) is 1.82. The minimum absolute atomic E-state index is 0.126. The lowest BCUT2D eigenvalue weighted by Crippen LogP contribution is -2.24. The Hall–Kier alpha value is -3.25. The van der Waals surface area contributed by atoms with E-state index in [1.165, 1.54) is 0 Å². The van der Waals surface area contributed by atoms with E-state index in [9.17, 15) is 14.4 Å². The van der Waals surface area contributed by atoms with Crippen LogP contribution in [0.25, 0.3) is 0 Å². The van der Waals surface area contributed by atoms with Gasteiger partial charge in [-0.2, -0.15) is 0 Å². The molecule has 1 atom stereocenters. The summed E-state index contributed by atoms with van der Waals surface area (Å²) in [5.74, 6) is -2.48. The number of nitrogens with one attached hydrogen (secondary N) is 1. The van der Waals surface area contributed by atoms with E-state index in [0.29, 0.717) is 18.7 Å². The number of benzene rings is 2. The average Bonchev–Trinajstić information content (AvgIpc) is 2.66. The highest BCUT2D eigenvalue weighted by atomic mass is 16.4. The first-order valence-electron chi connectivity index (χ1n) is 7.88. The van der Waals surface area contributed by atoms with Gasteiger partial charge in [0.25, 0.3) is 0 Å². The van der Waals surface area contributed by atoms with Crippen LogP contribution in [0, 0.1) is 0 Å². The second-order valence-electron chi connectivity index (χ2n) is 5.26. The summed E-state index contributed by atoms with van der Waals surface area (Å²) in [4.78, 5) is 31.6. The molecule has 0 aliphatic rings. The average molecular weight is 355 g/mol. The summed E-state index contributed by atoms with van der Waals surface area (Å²) >= 11 is 0. The number of carboxylic acid groups (broad SMARTS) is 2. The number of carbonyl (C=O) groups is 3. The van der Waals surface area contributed by atoms with Crippen molar-refractivity contribution >= 4 is 17.7 Å². The Morgan fingerprint density at radius 2 is 1.35 bits per heavy atom. The Balaban J connectivity index is 0.000000359. The molecule has 6 heteroatoms. The summed E-state index contributed by atoms with van der Waals surface area (Å²) < 4.78 is 0. The normalized spacial score (nSPS) is 11.3. The zero-order valence-electron chi connectivity index (χ0n) is 14.3. The number of Topliss-reactive ketones (excluding diaryl/α,β-unsaturated/α-hetero) is 1. The van der Waals surface area contributed by atoms with Gasteiger partial charge in [0.1, 0.15) is 0 Å². The number of hydrogen-bond acceptors (Lipinski definition) is 4. The van der Waals surface area contributed by atoms with Gasteiger partial charge >= 0.3 is 11.9 Å². The summed E-state index contributed by atoms with van der Waals surface area (Å²) in [6.45, 7) is 0.651. The Morgan fingerprint density at radius 1 is 0.885 bits per heavy atom. The summed E-state index contributed by atoms with van der Waals surface area (Å²) in [5, 5.41) is 18.7. The third kappa shape index (κ3) is 7.55. The molecule has 0 saturated heterocycles. The third-order valence-electron chi connectivity index (χ3n) is 3.35. The fraction of sp³-hybridized carbons (Fsp3) is 0.150. The quantitative estimate of drug-likeness (QED) is 0.521. The number of carbonyl (C=O) groups excluding carboxylic acids is 1. The minimum atomic E-state index is -1.26. The predicted octanol–water partition coefficient (Wildman–Crippen LogP) is 2.58. The van der Waals surface area contributed by atoms with Gasteiger partial charge in [-0.3, -0.25) is 4.79 Å². The van der Waals surface area contributed by atoms with Crippen molar-refractivity contribution in [2.24, 2.45) is 0 Å². The largest absolute Gasteiger partial charge is 0.478 e. The maximum atomic E-state index is 12.5. The fourth-order valence-corrected chi connectivity index (χ4v) is 2.20. The van der Waals surface area contributed by atoms with Crippen molar-refractivity contribution in [3.05, 3.63) is 83.9 Å². The lowest BCUT2D eigenvalue weighted by atomic mass is 9.90. The van der Waals surface area contributed by atoms with Crippen LogP contribution in [-0.2, 0) is 9.59 Å². The second kappa shape index (κ2) is 11.3. The van der Waals surface area contributed by atoms with Crippen molar-refractivity contribution in [1.29, 1.82) is 0 Å². The molecule has 0 radical (unpaired) electrons. The molecule has 6 nitrogen and oxygen atoms in total. The van der Waals surface area contributed by atoms with Crippen molar-refractivity contribution in [2.75, 3.05) is 13.6 Å². The van der Waals surface area contributed by atoms with Crippen molar-refractivity contribution < 1.29 is 24.6 Å². The number of ketones is 1. The highest BCUT2D eigenvalue weighted by Gasteiger charge is 2.20. The molecule has 3 N–H and O–H groups in total. The standard InChI is InChI=1S/C16H17NO.C4H4O4/c1-17-12-15(13-8-4-2-5-9-13)16(18)14-10-6-3-7-11-14;5-3(6)1-2-4(7)8/h2-11,15,17H,12H2,1H3;1-2H,(H,5,6)(H,7,8)/b;2-1+. The molecule has 2 aromatic carbocycles. The van der Waals surface area contributed by atoms with Gasteiger partial charge in [-0.1, -0.05) is 60.7 Å². The maximum Gasteiger partial charge on any atom is 0.328 e. The number of rotatable bonds is 7. The van der Waals surface area contributed by atoms with E-state index in [1.54, 1.807) is 0 Å². The number of carboxylic acids is 2. The molecule has 0 bridgehead atoms. The molecule has 2 aromatic rings. The van der Waals surface area contributed by atoms with E-state index >= 15 is 0 Å². The number of aliphatic carboxylic acids is 2. The number of likely N-dealkylation sites (N-methyl/N-ethyl adjacent to an activating group) is 1. The summed E-state index contributed by atoms with van der Waals surface area (Å²) in [7, 11) is 1.87. The van der Waals surface area contributed by atoms with Gasteiger partial charge in [-0.25, -0.2) is 9.59 Å². The van der Waals surface area contributed by atoms with E-state index in [-0.39, 0.29) is 11.7 Å². The molecule has 0 saturated carbocycles. The van der Waals surface area contributed by atoms with Crippen molar-refractivity contribution in [2.45, 2.75) is 5.92 Å². The Bertz CT molecular complexity index is 725. The smallest absolute Gasteiger partial charge is 0.328 e. The molecule has 0 aliphatic heterocycles. The van der Waals surface area contributed by atoms with Crippen molar-refractivity contribution in [3.63, 3.8) is 0 Å². The van der Waals surface area contributed by atoms with Crippen LogP contribution in [0.5, 0.6) is 0 Å². The number of hydrogen-bond donors (Lipinski definition) is 3. The lowest BCUT2D eigenvalue weighted by molar-refractivity contribution is -0.134. The Morgan fingerprint density at radius 3 is 1.77 bits per heavy atom. The molecule has 0 aromatic heterocycles. The van der Waals surface area contributed by atoms with Crippen LogP contribution in [0.15, 0.2) is 72.8 Å². The zero-order valence-corrected chi connectivity index (χ0v) is 14.3. The molecule has 1 unspecified atom stereocenters. The van der Waals surface area contributed by atoms with Crippen LogP contribution in [0.1, 0.15) is 21.8 Å². The summed E-state index contributed by atoms with van der Waals surface area (Å²) in [6.07, 6.45) is 1.12. The van der Waals surface area contributed by atoms with Crippen LogP contribution in [-0.4, -0.2) is 41.5 Å². The van der Waals surface area contributed by atoms with Crippen molar-refractivity contribution in [1.82, 2.24) is 5.32 Å². The first-order valence-corrected chi connectivity index (χ1v) is 7.88. The zero-order chi connectivity index (χ0) is 19.4. The molecule has 0 heterocycles. The molecular weight excluding hydrogens is 334 g/mol. The molecule has 0 aliphatic carbocycles. The predicted molar refractivity (Wildman–Crippen MR) is 98.3 cm³/mol. The monoisotopic (exact) mass is 355 g/mol. The maximum absolute atomic E-state index is 12.5. The lowest BCUT2D eigenvalue weighted by Gasteiger charge is -2.15. The highest BCUT2D eigenvalue weighted by Crippen LogP contribution is 2.20. The Labute approximate surface area is 151 Å². The summed E-state index contributed by atoms with van der Waals surface area (Å²) in [6, 6.07) is 19.4. The van der Waals surface area contributed by atoms with Crippen LogP contribution >= 0.6 is 0 Å². The first-order chi connectivity index (χ1) is 12.5. The molecule has 26 heavy (non-hydrogen) atoms. The van der Waals surface area contributed by atoms with Gasteiger partial charge in [0, 0.05) is 24.3 Å². The van der Waals surface area contributed by atoms with Crippen LogP contribution in [0.2, 0.25) is 0 Å². The van der Waals surface area contributed by atoms with Gasteiger partial charge in [0.2, 0.25) is 0 Å². The highest BCUT2D eigenvalue weighted by molar-refractivity contribution is 6.01. The van der Waals surface area contributed by atoms with Crippen LogP contribution in [0.4, 0.5) is 0 Å². The van der Waals surface area contributed by atoms with Gasteiger partial charge in [0.05, 0.1) is 5.92 Å². The van der Waals surface area contributed by atoms with Gasteiger partial charge < -0.3 is 15.5 Å². The molecule has 0 fully saturated rings. The topological polar surface area (TPSA) is 104 Å². The van der Waals surface area contributed by atoms with Gasteiger partial charge in [-0.05, 0) is 12.6 Å².